The Kier molecular flexibility index (Phi) is 4.22. The quantitative estimate of drug-likeness (QED) is 0.698. The molecular weight excluding hydrogens is 273 g/mol. The number of rotatable bonds is 3. The van der Waals surface area contributed by atoms with E-state index in [1.54, 1.807) is 6.92 Å². The topological polar surface area (TPSA) is 83.4 Å². The predicted molar refractivity (Wildman–Crippen MR) is 63.7 cm³/mol. The summed E-state index contributed by atoms with van der Waals surface area (Å²) >= 11 is 0. The van der Waals surface area contributed by atoms with Gasteiger partial charge in [-0.2, -0.15) is 0 Å². The molecular formula is C12H16FNO6. The van der Waals surface area contributed by atoms with Crippen molar-refractivity contribution < 1.29 is 32.9 Å². The van der Waals surface area contributed by atoms with Crippen molar-refractivity contribution in [1.29, 1.82) is 0 Å². The molecule has 0 bridgehead atoms. The maximum atomic E-state index is 14.4. The maximum absolute atomic E-state index is 14.4. The van der Waals surface area contributed by atoms with Gasteiger partial charge < -0.3 is 18.9 Å². The van der Waals surface area contributed by atoms with Gasteiger partial charge in [0, 0.05) is 20.8 Å². The summed E-state index contributed by atoms with van der Waals surface area (Å²) < 4.78 is 34.9. The molecule has 0 N–H and O–H groups in total. The fraction of sp³-hybridized carbons (Fsp3) is 0.750. The summed E-state index contributed by atoms with van der Waals surface area (Å²) in [5, 5.41) is 0. The lowest BCUT2D eigenvalue weighted by Gasteiger charge is -2.37. The molecule has 0 amide bonds. The Morgan fingerprint density at radius 1 is 1.35 bits per heavy atom. The number of ether oxygens (including phenoxy) is 4. The summed E-state index contributed by atoms with van der Waals surface area (Å²) in [4.78, 5) is 25.9. The maximum Gasteiger partial charge on any atom is 0.303 e. The fourth-order valence-corrected chi connectivity index (χ4v) is 2.18. The van der Waals surface area contributed by atoms with Gasteiger partial charge in [-0.25, -0.2) is 9.38 Å². The van der Waals surface area contributed by atoms with Crippen LogP contribution in [0.1, 0.15) is 20.8 Å². The number of carbonyl (C=O) groups is 2. The summed E-state index contributed by atoms with van der Waals surface area (Å²) in [7, 11) is 0. The number of esters is 2. The van der Waals surface area contributed by atoms with Crippen LogP contribution in [-0.2, 0) is 28.5 Å². The minimum Gasteiger partial charge on any atom is -0.463 e. The Bertz CT molecular complexity index is 440. The highest BCUT2D eigenvalue weighted by atomic mass is 19.1. The number of alkyl halides is 1. The minimum atomic E-state index is -1.59. The van der Waals surface area contributed by atoms with Crippen molar-refractivity contribution in [2.75, 3.05) is 6.61 Å². The number of nitrogens with zero attached hydrogens (tertiary/aromatic N) is 1. The first kappa shape index (κ1) is 14.7. The van der Waals surface area contributed by atoms with E-state index < -0.39 is 42.7 Å². The molecule has 0 aromatic rings. The largest absolute Gasteiger partial charge is 0.463 e. The molecule has 2 heterocycles. The van der Waals surface area contributed by atoms with Crippen molar-refractivity contribution in [3.63, 3.8) is 0 Å². The molecule has 112 valence electrons. The molecule has 1 saturated heterocycles. The minimum absolute atomic E-state index is 0.223. The van der Waals surface area contributed by atoms with Crippen molar-refractivity contribution >= 4 is 17.8 Å². The second-order valence-corrected chi connectivity index (χ2v) is 4.62. The van der Waals surface area contributed by atoms with Crippen LogP contribution in [0.3, 0.4) is 0 Å². The van der Waals surface area contributed by atoms with Gasteiger partial charge in [0.15, 0.2) is 24.2 Å². The molecule has 2 aliphatic heterocycles. The lowest BCUT2D eigenvalue weighted by Crippen LogP contribution is -2.57. The highest BCUT2D eigenvalue weighted by molar-refractivity contribution is 5.75. The summed E-state index contributed by atoms with van der Waals surface area (Å²) in [6.07, 6.45) is -4.60. The third-order valence-electron chi connectivity index (χ3n) is 2.96. The van der Waals surface area contributed by atoms with Gasteiger partial charge in [-0.15, -0.1) is 0 Å². The van der Waals surface area contributed by atoms with Crippen LogP contribution >= 0.6 is 0 Å². The fourth-order valence-electron chi connectivity index (χ4n) is 2.18. The van der Waals surface area contributed by atoms with Crippen molar-refractivity contribution in [2.45, 2.75) is 51.5 Å². The number of hydrogen-bond acceptors (Lipinski definition) is 7. The van der Waals surface area contributed by atoms with Crippen molar-refractivity contribution in [3.05, 3.63) is 0 Å². The third kappa shape index (κ3) is 3.06. The molecule has 8 heteroatoms. The summed E-state index contributed by atoms with van der Waals surface area (Å²) in [6.45, 7) is 3.75. The average Bonchev–Trinajstić information content (AvgIpc) is 2.71. The Labute approximate surface area is 115 Å². The normalized spacial score (nSPS) is 35.6. The molecule has 5 atom stereocenters. The Balaban J connectivity index is 2.12. The van der Waals surface area contributed by atoms with Crippen LogP contribution in [-0.4, -0.2) is 55.2 Å². The van der Waals surface area contributed by atoms with Crippen LogP contribution < -0.4 is 0 Å². The van der Waals surface area contributed by atoms with E-state index in [2.05, 4.69) is 4.99 Å². The van der Waals surface area contributed by atoms with Gasteiger partial charge in [0.2, 0.25) is 6.29 Å². The van der Waals surface area contributed by atoms with E-state index in [1.165, 1.54) is 13.8 Å². The molecule has 3 unspecified atom stereocenters. The molecule has 0 radical (unpaired) electrons. The van der Waals surface area contributed by atoms with Crippen LogP contribution in [0.25, 0.3) is 0 Å². The summed E-state index contributed by atoms with van der Waals surface area (Å²) in [5.74, 6) is -0.878. The molecule has 2 aliphatic rings. The second kappa shape index (κ2) is 5.74. The number of halogens is 1. The van der Waals surface area contributed by atoms with Gasteiger partial charge in [-0.1, -0.05) is 0 Å². The SMILES string of the molecule is CC(=O)OCC1O[C@@H]2OC(C)=NC2C(F)[C@@H]1OC(C)=O. The molecule has 1 fully saturated rings. The molecule has 0 aromatic heterocycles. The number of aliphatic imine (C=N–C) groups is 1. The van der Waals surface area contributed by atoms with E-state index in [9.17, 15) is 14.0 Å². The van der Waals surface area contributed by atoms with Crippen molar-refractivity contribution in [1.82, 2.24) is 0 Å². The highest BCUT2D eigenvalue weighted by Crippen LogP contribution is 2.32. The van der Waals surface area contributed by atoms with Crippen LogP contribution in [0, 0.1) is 0 Å². The first-order valence-electron chi connectivity index (χ1n) is 6.19. The molecule has 0 spiro atoms. The van der Waals surface area contributed by atoms with Crippen LogP contribution in [0.15, 0.2) is 4.99 Å². The second-order valence-electron chi connectivity index (χ2n) is 4.62. The van der Waals surface area contributed by atoms with E-state index >= 15 is 0 Å². The monoisotopic (exact) mass is 289 g/mol. The lowest BCUT2D eigenvalue weighted by atomic mass is 9.99. The number of fused-ring (bicyclic) bond motifs is 1. The zero-order chi connectivity index (χ0) is 14.9. The molecule has 2 rings (SSSR count). The first-order valence-corrected chi connectivity index (χ1v) is 6.19. The van der Waals surface area contributed by atoms with E-state index in [1.807, 2.05) is 0 Å². The van der Waals surface area contributed by atoms with Gasteiger partial charge >= 0.3 is 11.9 Å². The highest BCUT2D eigenvalue weighted by Gasteiger charge is 2.52. The lowest BCUT2D eigenvalue weighted by molar-refractivity contribution is -0.233. The van der Waals surface area contributed by atoms with Gasteiger partial charge in [-0.3, -0.25) is 9.59 Å². The van der Waals surface area contributed by atoms with Gasteiger partial charge in [0.1, 0.15) is 12.7 Å². The summed E-state index contributed by atoms with van der Waals surface area (Å²) in [6, 6.07) is -0.882. The van der Waals surface area contributed by atoms with Crippen LogP contribution in [0.2, 0.25) is 0 Å². The predicted octanol–water partition coefficient (Wildman–Crippen LogP) is 0.361. The zero-order valence-electron chi connectivity index (χ0n) is 11.4. The Morgan fingerprint density at radius 2 is 2.05 bits per heavy atom. The van der Waals surface area contributed by atoms with E-state index in [0.717, 1.165) is 0 Å². The average molecular weight is 289 g/mol. The first-order chi connectivity index (χ1) is 9.38. The van der Waals surface area contributed by atoms with Gasteiger partial charge in [0.25, 0.3) is 0 Å². The van der Waals surface area contributed by atoms with E-state index in [-0.39, 0.29) is 6.61 Å². The van der Waals surface area contributed by atoms with Crippen molar-refractivity contribution in [3.8, 4) is 0 Å². The Morgan fingerprint density at radius 3 is 2.65 bits per heavy atom. The van der Waals surface area contributed by atoms with Crippen LogP contribution in [0.5, 0.6) is 0 Å². The molecule has 20 heavy (non-hydrogen) atoms. The van der Waals surface area contributed by atoms with Crippen molar-refractivity contribution in [2.24, 2.45) is 4.99 Å². The third-order valence-corrected chi connectivity index (χ3v) is 2.96. The number of carbonyl (C=O) groups excluding carboxylic acids is 2. The molecule has 0 aromatic carbocycles. The molecule has 7 nitrogen and oxygen atoms in total. The van der Waals surface area contributed by atoms with E-state index in [4.69, 9.17) is 18.9 Å². The standard InChI is InChI=1S/C12H16FNO6/c1-5-14-10-9(13)11(19-7(3)16)8(4-17-6(2)15)20-12(10)18-5/h8-12H,4H2,1-3H3/t8?,9?,10?,11-,12+/m1/s1. The van der Waals surface area contributed by atoms with Crippen LogP contribution in [0.4, 0.5) is 4.39 Å². The van der Waals surface area contributed by atoms with Gasteiger partial charge in [-0.05, 0) is 0 Å². The number of hydrogen-bond donors (Lipinski definition) is 0. The molecule has 0 saturated carbocycles. The smallest absolute Gasteiger partial charge is 0.303 e. The van der Waals surface area contributed by atoms with Gasteiger partial charge in [0.05, 0.1) is 0 Å². The Hall–Kier alpha value is -1.70. The van der Waals surface area contributed by atoms with E-state index in [0.29, 0.717) is 5.90 Å². The summed E-state index contributed by atoms with van der Waals surface area (Å²) in [5.41, 5.74) is 0. The zero-order valence-corrected chi connectivity index (χ0v) is 11.4. The molecule has 0 aliphatic carbocycles.